The molecule has 2 fully saturated rings. The Hall–Kier alpha value is -0.570. The van der Waals surface area contributed by atoms with Crippen LogP contribution < -0.4 is 5.32 Å². The first kappa shape index (κ1) is 9.97. The van der Waals surface area contributed by atoms with Crippen molar-refractivity contribution in [3.63, 3.8) is 0 Å². The van der Waals surface area contributed by atoms with E-state index in [1.165, 1.54) is 6.42 Å². The van der Waals surface area contributed by atoms with Gasteiger partial charge in [-0.3, -0.25) is 4.79 Å². The van der Waals surface area contributed by atoms with Crippen LogP contribution in [0.1, 0.15) is 32.6 Å². The standard InChI is InChI=1S/C11H20N2O/c1-2-3-4-10(14)13-8-11(9-13)5-6-12-7-11/h12H,2-9H2,1H3. The van der Waals surface area contributed by atoms with Gasteiger partial charge in [0.25, 0.3) is 0 Å². The van der Waals surface area contributed by atoms with Gasteiger partial charge in [0.05, 0.1) is 0 Å². The third-order valence-electron chi connectivity index (χ3n) is 3.48. The molecule has 0 saturated carbocycles. The Kier molecular flexibility index (Phi) is 2.77. The summed E-state index contributed by atoms with van der Waals surface area (Å²) in [7, 11) is 0. The molecule has 1 N–H and O–H groups in total. The molecule has 1 spiro atoms. The second-order valence-electron chi connectivity index (χ2n) is 4.78. The van der Waals surface area contributed by atoms with Crippen molar-refractivity contribution in [3.05, 3.63) is 0 Å². The van der Waals surface area contributed by atoms with E-state index in [1.807, 2.05) is 4.90 Å². The molecule has 2 heterocycles. The lowest BCUT2D eigenvalue weighted by atomic mass is 9.79. The average molecular weight is 196 g/mol. The Labute approximate surface area is 85.8 Å². The number of carbonyl (C=O) groups is 1. The maximum absolute atomic E-state index is 11.6. The van der Waals surface area contributed by atoms with Crippen molar-refractivity contribution in [2.24, 2.45) is 5.41 Å². The smallest absolute Gasteiger partial charge is 0.222 e. The van der Waals surface area contributed by atoms with Crippen molar-refractivity contribution >= 4 is 5.91 Å². The molecule has 0 aromatic heterocycles. The predicted molar refractivity (Wildman–Crippen MR) is 56.0 cm³/mol. The first-order valence-corrected chi connectivity index (χ1v) is 5.74. The number of carbonyl (C=O) groups excluding carboxylic acids is 1. The number of nitrogens with zero attached hydrogens (tertiary/aromatic N) is 1. The zero-order chi connectivity index (χ0) is 10.0. The molecule has 1 amide bonds. The van der Waals surface area contributed by atoms with E-state index in [9.17, 15) is 4.79 Å². The summed E-state index contributed by atoms with van der Waals surface area (Å²) < 4.78 is 0. The third-order valence-corrected chi connectivity index (χ3v) is 3.48. The molecule has 0 aromatic carbocycles. The first-order chi connectivity index (χ1) is 6.76. The summed E-state index contributed by atoms with van der Waals surface area (Å²) in [6.45, 7) is 6.39. The zero-order valence-corrected chi connectivity index (χ0v) is 9.01. The quantitative estimate of drug-likeness (QED) is 0.730. The van der Waals surface area contributed by atoms with Crippen LogP contribution in [0.3, 0.4) is 0 Å². The fraction of sp³-hybridized carbons (Fsp3) is 0.909. The van der Waals surface area contributed by atoms with Gasteiger partial charge in [0.15, 0.2) is 0 Å². The van der Waals surface area contributed by atoms with Crippen LogP contribution in [0, 0.1) is 5.41 Å². The van der Waals surface area contributed by atoms with Gasteiger partial charge < -0.3 is 10.2 Å². The number of amides is 1. The fourth-order valence-corrected chi connectivity index (χ4v) is 2.49. The highest BCUT2D eigenvalue weighted by Gasteiger charge is 2.46. The molecule has 0 aromatic rings. The van der Waals surface area contributed by atoms with Crippen LogP contribution in [-0.2, 0) is 4.79 Å². The van der Waals surface area contributed by atoms with Gasteiger partial charge >= 0.3 is 0 Å². The maximum atomic E-state index is 11.6. The van der Waals surface area contributed by atoms with Gasteiger partial charge in [0.1, 0.15) is 0 Å². The van der Waals surface area contributed by atoms with Crippen molar-refractivity contribution in [3.8, 4) is 0 Å². The van der Waals surface area contributed by atoms with E-state index < -0.39 is 0 Å². The molecule has 3 heteroatoms. The highest BCUT2D eigenvalue weighted by Crippen LogP contribution is 2.36. The fourth-order valence-electron chi connectivity index (χ4n) is 2.49. The maximum Gasteiger partial charge on any atom is 0.222 e. The van der Waals surface area contributed by atoms with Crippen LogP contribution in [-0.4, -0.2) is 37.0 Å². The number of rotatable bonds is 3. The molecule has 3 nitrogen and oxygen atoms in total. The summed E-state index contributed by atoms with van der Waals surface area (Å²) >= 11 is 0. The van der Waals surface area contributed by atoms with Gasteiger partial charge in [0, 0.05) is 31.5 Å². The zero-order valence-electron chi connectivity index (χ0n) is 9.01. The largest absolute Gasteiger partial charge is 0.341 e. The van der Waals surface area contributed by atoms with E-state index in [-0.39, 0.29) is 0 Å². The van der Waals surface area contributed by atoms with Gasteiger partial charge in [-0.05, 0) is 19.4 Å². The van der Waals surface area contributed by atoms with Crippen molar-refractivity contribution in [1.29, 1.82) is 0 Å². The number of nitrogens with one attached hydrogen (secondary N) is 1. The van der Waals surface area contributed by atoms with E-state index in [0.29, 0.717) is 11.3 Å². The van der Waals surface area contributed by atoms with E-state index in [1.54, 1.807) is 0 Å². The van der Waals surface area contributed by atoms with Crippen LogP contribution in [0.2, 0.25) is 0 Å². The van der Waals surface area contributed by atoms with Gasteiger partial charge in [0.2, 0.25) is 5.91 Å². The Morgan fingerprint density at radius 3 is 2.86 bits per heavy atom. The minimum absolute atomic E-state index is 0.365. The highest BCUT2D eigenvalue weighted by molar-refractivity contribution is 5.77. The van der Waals surface area contributed by atoms with E-state index in [2.05, 4.69) is 12.2 Å². The molecule has 0 aliphatic carbocycles. The Morgan fingerprint density at radius 1 is 1.50 bits per heavy atom. The summed E-state index contributed by atoms with van der Waals surface area (Å²) in [6, 6.07) is 0. The van der Waals surface area contributed by atoms with Gasteiger partial charge in [-0.15, -0.1) is 0 Å². The van der Waals surface area contributed by atoms with Crippen LogP contribution in [0.5, 0.6) is 0 Å². The van der Waals surface area contributed by atoms with Crippen molar-refractivity contribution in [2.75, 3.05) is 26.2 Å². The topological polar surface area (TPSA) is 32.3 Å². The molecule has 2 aliphatic rings. The monoisotopic (exact) mass is 196 g/mol. The van der Waals surface area contributed by atoms with E-state index in [0.717, 1.165) is 45.4 Å². The summed E-state index contributed by atoms with van der Waals surface area (Å²) in [5.74, 6) is 0.365. The Morgan fingerprint density at radius 2 is 2.29 bits per heavy atom. The van der Waals surface area contributed by atoms with Crippen LogP contribution >= 0.6 is 0 Å². The third kappa shape index (κ3) is 1.78. The molecular weight excluding hydrogens is 176 g/mol. The van der Waals surface area contributed by atoms with E-state index >= 15 is 0 Å². The molecular formula is C11H20N2O. The molecule has 2 aliphatic heterocycles. The molecule has 0 radical (unpaired) electrons. The van der Waals surface area contributed by atoms with Gasteiger partial charge in [-0.25, -0.2) is 0 Å². The molecule has 80 valence electrons. The Balaban J connectivity index is 1.73. The minimum atomic E-state index is 0.365. The van der Waals surface area contributed by atoms with Crippen molar-refractivity contribution in [1.82, 2.24) is 10.2 Å². The van der Waals surface area contributed by atoms with Crippen LogP contribution in [0.15, 0.2) is 0 Å². The Bertz CT molecular complexity index is 213. The number of unbranched alkanes of at least 4 members (excludes halogenated alkanes) is 1. The van der Waals surface area contributed by atoms with Crippen molar-refractivity contribution in [2.45, 2.75) is 32.6 Å². The first-order valence-electron chi connectivity index (χ1n) is 5.74. The van der Waals surface area contributed by atoms with E-state index in [4.69, 9.17) is 0 Å². The average Bonchev–Trinajstić information content (AvgIpc) is 2.60. The summed E-state index contributed by atoms with van der Waals surface area (Å²) in [5, 5.41) is 3.38. The normalized spacial score (nSPS) is 23.9. The van der Waals surface area contributed by atoms with Gasteiger partial charge in [-0.1, -0.05) is 13.3 Å². The van der Waals surface area contributed by atoms with Crippen LogP contribution in [0.25, 0.3) is 0 Å². The second kappa shape index (κ2) is 3.89. The molecule has 0 unspecified atom stereocenters. The number of hydrogen-bond donors (Lipinski definition) is 1. The lowest BCUT2D eigenvalue weighted by molar-refractivity contribution is -0.142. The molecule has 0 atom stereocenters. The summed E-state index contributed by atoms with van der Waals surface area (Å²) in [6.07, 6.45) is 4.16. The number of likely N-dealkylation sites (tertiary alicyclic amines) is 1. The molecule has 2 rings (SSSR count). The molecule has 14 heavy (non-hydrogen) atoms. The molecule has 2 saturated heterocycles. The minimum Gasteiger partial charge on any atom is -0.341 e. The van der Waals surface area contributed by atoms with Gasteiger partial charge in [-0.2, -0.15) is 0 Å². The second-order valence-corrected chi connectivity index (χ2v) is 4.78. The SMILES string of the molecule is CCCCC(=O)N1CC2(CCNC2)C1. The lowest BCUT2D eigenvalue weighted by Gasteiger charge is -2.47. The molecule has 0 bridgehead atoms. The number of hydrogen-bond acceptors (Lipinski definition) is 2. The van der Waals surface area contributed by atoms with Crippen LogP contribution in [0.4, 0.5) is 0 Å². The summed E-state index contributed by atoms with van der Waals surface area (Å²) in [4.78, 5) is 13.7. The summed E-state index contributed by atoms with van der Waals surface area (Å²) in [5.41, 5.74) is 0.460. The predicted octanol–water partition coefficient (Wildman–Crippen LogP) is 0.998. The highest BCUT2D eigenvalue weighted by atomic mass is 16.2. The lowest BCUT2D eigenvalue weighted by Crippen LogP contribution is -2.59. The van der Waals surface area contributed by atoms with Crippen molar-refractivity contribution < 1.29 is 4.79 Å².